The summed E-state index contributed by atoms with van der Waals surface area (Å²) in [5, 5.41) is 2.98. The van der Waals surface area contributed by atoms with Crippen molar-refractivity contribution in [2.45, 2.75) is 26.0 Å². The van der Waals surface area contributed by atoms with E-state index in [0.29, 0.717) is 25.7 Å². The van der Waals surface area contributed by atoms with Crippen LogP contribution in [-0.2, 0) is 14.3 Å². The van der Waals surface area contributed by atoms with Crippen LogP contribution < -0.4 is 5.32 Å². The average molecular weight is 327 g/mol. The zero-order valence-corrected chi connectivity index (χ0v) is 11.3. The monoisotopic (exact) mass is 327 g/mol. The lowest BCUT2D eigenvalue weighted by Crippen LogP contribution is -2.48. The van der Waals surface area contributed by atoms with Crippen molar-refractivity contribution in [2.24, 2.45) is 5.92 Å². The lowest BCUT2D eigenvalue weighted by molar-refractivity contribution is -0.148. The highest BCUT2D eigenvalue weighted by Gasteiger charge is 2.25. The van der Waals surface area contributed by atoms with E-state index < -0.39 is 6.10 Å². The standard InChI is InChI=1S/C10H18INO3/c1-7(2)8(5-11)12-10(13)9-6-14-3-4-15-9/h7-9H,3-6H2,1-2H3,(H,12,13). The molecule has 0 aliphatic carbocycles. The lowest BCUT2D eigenvalue weighted by atomic mass is 10.1. The molecule has 5 heteroatoms. The summed E-state index contributed by atoms with van der Waals surface area (Å²) in [6, 6.07) is 0.212. The van der Waals surface area contributed by atoms with E-state index in [1.165, 1.54) is 0 Å². The first-order valence-corrected chi connectivity index (χ1v) is 6.73. The fourth-order valence-electron chi connectivity index (χ4n) is 1.30. The summed E-state index contributed by atoms with van der Waals surface area (Å²) in [5.74, 6) is 0.389. The minimum Gasteiger partial charge on any atom is -0.376 e. The van der Waals surface area contributed by atoms with E-state index in [2.05, 4.69) is 41.8 Å². The minimum atomic E-state index is -0.428. The molecule has 0 radical (unpaired) electrons. The molecule has 4 nitrogen and oxygen atoms in total. The summed E-state index contributed by atoms with van der Waals surface area (Å²) in [6.07, 6.45) is -0.428. The maximum Gasteiger partial charge on any atom is 0.251 e. The van der Waals surface area contributed by atoms with Gasteiger partial charge in [0.2, 0.25) is 0 Å². The Balaban J connectivity index is 2.38. The third-order valence-electron chi connectivity index (χ3n) is 2.41. The van der Waals surface area contributed by atoms with E-state index >= 15 is 0 Å². The molecule has 1 N–H and O–H groups in total. The van der Waals surface area contributed by atoms with Crippen molar-refractivity contribution in [3.8, 4) is 0 Å². The Bertz CT molecular complexity index is 205. The number of halogens is 1. The minimum absolute atomic E-state index is 0.0509. The summed E-state index contributed by atoms with van der Waals surface area (Å²) in [7, 11) is 0. The number of ether oxygens (including phenoxy) is 2. The van der Waals surface area contributed by atoms with Gasteiger partial charge in [-0.25, -0.2) is 0 Å². The second-order valence-electron chi connectivity index (χ2n) is 3.95. The van der Waals surface area contributed by atoms with Crippen molar-refractivity contribution in [1.82, 2.24) is 5.32 Å². The van der Waals surface area contributed by atoms with E-state index in [9.17, 15) is 4.79 Å². The molecule has 1 saturated heterocycles. The normalized spacial score (nSPS) is 23.9. The SMILES string of the molecule is CC(C)C(CI)NC(=O)C1COCCO1. The van der Waals surface area contributed by atoms with Gasteiger partial charge in [-0.3, -0.25) is 4.79 Å². The van der Waals surface area contributed by atoms with E-state index in [4.69, 9.17) is 9.47 Å². The van der Waals surface area contributed by atoms with Gasteiger partial charge < -0.3 is 14.8 Å². The molecule has 0 bridgehead atoms. The molecule has 0 aromatic carbocycles. The van der Waals surface area contributed by atoms with Gasteiger partial charge in [0.25, 0.3) is 5.91 Å². The highest BCUT2D eigenvalue weighted by Crippen LogP contribution is 2.07. The number of alkyl halides is 1. The Morgan fingerprint density at radius 1 is 1.53 bits per heavy atom. The van der Waals surface area contributed by atoms with Crippen LogP contribution in [-0.4, -0.2) is 42.3 Å². The number of carbonyl (C=O) groups excluding carboxylic acids is 1. The number of hydrogen-bond donors (Lipinski definition) is 1. The molecule has 0 aromatic rings. The molecular formula is C10H18INO3. The zero-order chi connectivity index (χ0) is 11.3. The van der Waals surface area contributed by atoms with E-state index in [1.807, 2.05) is 0 Å². The van der Waals surface area contributed by atoms with Gasteiger partial charge in [0, 0.05) is 10.5 Å². The van der Waals surface area contributed by atoms with Crippen molar-refractivity contribution < 1.29 is 14.3 Å². The number of amides is 1. The molecule has 88 valence electrons. The molecule has 1 fully saturated rings. The van der Waals surface area contributed by atoms with Crippen LogP contribution >= 0.6 is 22.6 Å². The number of hydrogen-bond acceptors (Lipinski definition) is 3. The summed E-state index contributed by atoms with van der Waals surface area (Å²) in [6.45, 7) is 5.67. The molecule has 1 amide bonds. The topological polar surface area (TPSA) is 47.6 Å². The van der Waals surface area contributed by atoms with Gasteiger partial charge in [0.15, 0.2) is 6.10 Å². The molecule has 2 unspecified atom stereocenters. The van der Waals surface area contributed by atoms with Crippen LogP contribution in [0.1, 0.15) is 13.8 Å². The van der Waals surface area contributed by atoms with Crippen LogP contribution in [0.5, 0.6) is 0 Å². The van der Waals surface area contributed by atoms with Crippen LogP contribution in [0.4, 0.5) is 0 Å². The maximum atomic E-state index is 11.8. The second-order valence-corrected chi connectivity index (χ2v) is 4.83. The van der Waals surface area contributed by atoms with Crippen LogP contribution in [0.2, 0.25) is 0 Å². The maximum absolute atomic E-state index is 11.8. The van der Waals surface area contributed by atoms with Crippen molar-refractivity contribution in [1.29, 1.82) is 0 Å². The molecule has 1 aliphatic rings. The van der Waals surface area contributed by atoms with Crippen molar-refractivity contribution in [3.63, 3.8) is 0 Å². The predicted molar refractivity (Wildman–Crippen MR) is 66.2 cm³/mol. The molecule has 0 saturated carbocycles. The van der Waals surface area contributed by atoms with Gasteiger partial charge in [-0.05, 0) is 5.92 Å². The Hall–Kier alpha value is 0.120. The van der Waals surface area contributed by atoms with Gasteiger partial charge in [0.05, 0.1) is 19.8 Å². The Kier molecular flexibility index (Phi) is 5.84. The smallest absolute Gasteiger partial charge is 0.251 e. The van der Waals surface area contributed by atoms with Gasteiger partial charge >= 0.3 is 0 Å². The van der Waals surface area contributed by atoms with Gasteiger partial charge in [-0.15, -0.1) is 0 Å². The van der Waals surface area contributed by atoms with Gasteiger partial charge in [0.1, 0.15) is 0 Å². The molecular weight excluding hydrogens is 309 g/mol. The van der Waals surface area contributed by atoms with Crippen molar-refractivity contribution >= 4 is 28.5 Å². The summed E-state index contributed by atoms with van der Waals surface area (Å²) in [4.78, 5) is 11.8. The summed E-state index contributed by atoms with van der Waals surface area (Å²) < 4.78 is 11.4. The molecule has 1 aliphatic heterocycles. The molecule has 15 heavy (non-hydrogen) atoms. The summed E-state index contributed by atoms with van der Waals surface area (Å²) >= 11 is 2.28. The van der Waals surface area contributed by atoms with Crippen LogP contribution in [0, 0.1) is 5.92 Å². The largest absolute Gasteiger partial charge is 0.376 e. The highest BCUT2D eigenvalue weighted by atomic mass is 127. The van der Waals surface area contributed by atoms with Crippen LogP contribution in [0.25, 0.3) is 0 Å². The fourth-order valence-corrected chi connectivity index (χ4v) is 2.54. The summed E-state index contributed by atoms with van der Waals surface area (Å²) in [5.41, 5.74) is 0. The molecule has 2 atom stereocenters. The molecule has 1 heterocycles. The van der Waals surface area contributed by atoms with Gasteiger partial charge in [-0.1, -0.05) is 36.4 Å². The second kappa shape index (κ2) is 6.65. The molecule has 1 rings (SSSR count). The first kappa shape index (κ1) is 13.2. The average Bonchev–Trinajstić information content (AvgIpc) is 2.26. The van der Waals surface area contributed by atoms with E-state index in [0.717, 1.165) is 4.43 Å². The Morgan fingerprint density at radius 2 is 2.27 bits per heavy atom. The van der Waals surface area contributed by atoms with Crippen LogP contribution in [0.3, 0.4) is 0 Å². The number of nitrogens with one attached hydrogen (secondary N) is 1. The van der Waals surface area contributed by atoms with E-state index in [-0.39, 0.29) is 11.9 Å². The molecule has 0 spiro atoms. The highest BCUT2D eigenvalue weighted by molar-refractivity contribution is 14.1. The number of carbonyl (C=O) groups is 1. The molecule has 0 aromatic heterocycles. The first-order valence-electron chi connectivity index (χ1n) is 5.20. The predicted octanol–water partition coefficient (Wildman–Crippen LogP) is 0.978. The fraction of sp³-hybridized carbons (Fsp3) is 0.900. The van der Waals surface area contributed by atoms with E-state index in [1.54, 1.807) is 0 Å². The third kappa shape index (κ3) is 4.24. The van der Waals surface area contributed by atoms with Crippen molar-refractivity contribution in [3.05, 3.63) is 0 Å². The van der Waals surface area contributed by atoms with Gasteiger partial charge in [-0.2, -0.15) is 0 Å². The zero-order valence-electron chi connectivity index (χ0n) is 9.16. The first-order chi connectivity index (χ1) is 7.15. The number of rotatable bonds is 4. The Morgan fingerprint density at radius 3 is 2.73 bits per heavy atom. The third-order valence-corrected chi connectivity index (χ3v) is 3.36. The lowest BCUT2D eigenvalue weighted by Gasteiger charge is -2.26. The van der Waals surface area contributed by atoms with Crippen molar-refractivity contribution in [2.75, 3.05) is 24.2 Å². The van der Waals surface area contributed by atoms with Crippen LogP contribution in [0.15, 0.2) is 0 Å². The Labute approximate surface area is 104 Å². The quantitative estimate of drug-likeness (QED) is 0.619.